The number of ether oxygens (including phenoxy) is 1. The molecule has 1 amide bonds. The minimum atomic E-state index is -0.0250. The van der Waals surface area contributed by atoms with Gasteiger partial charge in [0, 0.05) is 54.2 Å². The zero-order valence-corrected chi connectivity index (χ0v) is 42.5. The van der Waals surface area contributed by atoms with Crippen LogP contribution < -0.4 is 5.32 Å². The molecule has 2 atom stereocenters. The van der Waals surface area contributed by atoms with Gasteiger partial charge in [0.25, 0.3) is 0 Å². The number of aldehydes is 1. The first-order valence-corrected chi connectivity index (χ1v) is 24.7. The summed E-state index contributed by atoms with van der Waals surface area (Å²) in [6.45, 7) is 19.7. The number of aliphatic hydroxyl groups excluding tert-OH is 1. The Bertz CT molecular complexity index is 728. The average Bonchev–Trinajstić information content (AvgIpc) is 3.19. The van der Waals surface area contributed by atoms with Crippen LogP contribution in [0.25, 0.3) is 0 Å². The van der Waals surface area contributed by atoms with Crippen LogP contribution in [0.3, 0.4) is 0 Å². The molecule has 2 unspecified atom stereocenters. The molecule has 0 spiro atoms. The van der Waals surface area contributed by atoms with Crippen molar-refractivity contribution in [3.8, 4) is 0 Å². The molecule has 2 N–H and O–H groups in total. The van der Waals surface area contributed by atoms with E-state index in [-0.39, 0.29) is 33.1 Å². The van der Waals surface area contributed by atoms with Gasteiger partial charge in [-0.1, -0.05) is 182 Å². The maximum Gasteiger partial charge on any atom is 0.216 e. The van der Waals surface area contributed by atoms with Crippen molar-refractivity contribution in [3.63, 3.8) is 0 Å². The minimum Gasteiger partial charge on any atom is -0.393 e. The van der Waals surface area contributed by atoms with Crippen LogP contribution in [0.1, 0.15) is 253 Å². The van der Waals surface area contributed by atoms with Crippen molar-refractivity contribution in [3.05, 3.63) is 6.92 Å². The summed E-state index contributed by atoms with van der Waals surface area (Å²) in [7, 11) is 1.77. The van der Waals surface area contributed by atoms with E-state index in [1.54, 1.807) is 14.0 Å². The quantitative estimate of drug-likeness (QED) is 0.0362. The van der Waals surface area contributed by atoms with Crippen molar-refractivity contribution in [2.45, 2.75) is 259 Å². The number of nitrogens with zero attached hydrogens (tertiary/aromatic N) is 1. The zero-order valence-electron chi connectivity index (χ0n) is 39.5. The van der Waals surface area contributed by atoms with Crippen LogP contribution >= 0.6 is 0 Å². The molecule has 344 valence electrons. The van der Waals surface area contributed by atoms with Crippen LogP contribution in [0.2, 0.25) is 0 Å². The van der Waals surface area contributed by atoms with E-state index in [1.165, 1.54) is 199 Å². The number of hydrogen-bond acceptors (Lipinski definition) is 5. The number of rotatable bonds is 42. The van der Waals surface area contributed by atoms with Crippen LogP contribution in [0.15, 0.2) is 0 Å². The van der Waals surface area contributed by atoms with Gasteiger partial charge in [-0.05, 0) is 77.4 Å². The number of carbonyl (C=O) groups is 2. The molecule has 6 nitrogen and oxygen atoms in total. The number of methoxy groups -OCH3 is 1. The third-order valence-corrected chi connectivity index (χ3v) is 10.9. The summed E-state index contributed by atoms with van der Waals surface area (Å²) in [4.78, 5) is 24.4. The van der Waals surface area contributed by atoms with Gasteiger partial charge in [-0.25, -0.2) is 0 Å². The molecule has 0 saturated heterocycles. The van der Waals surface area contributed by atoms with Gasteiger partial charge >= 0.3 is 0 Å². The van der Waals surface area contributed by atoms with Crippen molar-refractivity contribution in [1.29, 1.82) is 0 Å². The second-order valence-corrected chi connectivity index (χ2v) is 16.7. The molecule has 0 saturated carbocycles. The molecule has 0 aliphatic rings. The predicted octanol–water partition coefficient (Wildman–Crippen LogP) is 14.4. The third-order valence-electron chi connectivity index (χ3n) is 10.9. The van der Waals surface area contributed by atoms with Crippen LogP contribution in [-0.2, 0) is 35.4 Å². The molecule has 57 heavy (non-hydrogen) atoms. The molecule has 0 aliphatic carbocycles. The molecule has 0 radical (unpaired) electrons. The van der Waals surface area contributed by atoms with Gasteiger partial charge in [0.05, 0.1) is 6.10 Å². The first-order chi connectivity index (χ1) is 27.4. The van der Waals surface area contributed by atoms with Crippen molar-refractivity contribution >= 4 is 12.2 Å². The Labute approximate surface area is 373 Å². The fourth-order valence-corrected chi connectivity index (χ4v) is 7.10. The molecular formula is C50H103N2O4W-. The molecule has 0 fully saturated rings. The number of unbranched alkanes of at least 4 members (excludes halogenated alkanes) is 23. The monoisotopic (exact) mass is 980 g/mol. The third kappa shape index (κ3) is 60.1. The molecule has 0 bridgehead atoms. The molecule has 0 aromatic carbocycles. The second kappa shape index (κ2) is 57.8. The zero-order chi connectivity index (χ0) is 42.0. The number of carbonyl (C=O) groups excluding carboxylic acids is 2. The van der Waals surface area contributed by atoms with E-state index in [9.17, 15) is 14.7 Å². The van der Waals surface area contributed by atoms with Gasteiger partial charge in [0.2, 0.25) is 5.91 Å². The maximum atomic E-state index is 10.9. The molecular weight excluding hydrogens is 876 g/mol. The average molecular weight is 980 g/mol. The van der Waals surface area contributed by atoms with E-state index in [0.717, 1.165) is 58.2 Å². The van der Waals surface area contributed by atoms with E-state index in [2.05, 4.69) is 44.8 Å². The summed E-state index contributed by atoms with van der Waals surface area (Å²) in [5.41, 5.74) is 0. The van der Waals surface area contributed by atoms with Gasteiger partial charge in [0.15, 0.2) is 0 Å². The summed E-state index contributed by atoms with van der Waals surface area (Å²) in [6, 6.07) is 0. The van der Waals surface area contributed by atoms with E-state index in [0.29, 0.717) is 5.92 Å². The number of aliphatic hydroxyl groups is 1. The Balaban J connectivity index is -0.000000374. The van der Waals surface area contributed by atoms with Crippen LogP contribution in [0, 0.1) is 12.8 Å². The summed E-state index contributed by atoms with van der Waals surface area (Å²) in [6.07, 6.45) is 43.8. The minimum absolute atomic E-state index is 0. The van der Waals surface area contributed by atoms with E-state index < -0.39 is 0 Å². The largest absolute Gasteiger partial charge is 0.393 e. The van der Waals surface area contributed by atoms with E-state index in [4.69, 9.17) is 4.74 Å². The molecule has 0 heterocycles. The number of nitrogens with one attached hydrogen (secondary N) is 1. The normalized spacial score (nSPS) is 11.9. The summed E-state index contributed by atoms with van der Waals surface area (Å²) < 4.78 is 5.09. The van der Waals surface area contributed by atoms with Gasteiger partial charge in [0.1, 0.15) is 6.29 Å². The number of amides is 1. The summed E-state index contributed by atoms with van der Waals surface area (Å²) in [5, 5.41) is 12.6. The second-order valence-electron chi connectivity index (χ2n) is 16.7. The summed E-state index contributed by atoms with van der Waals surface area (Å²) >= 11 is 0. The fraction of sp³-hybridized carbons (Fsp3) is 0.940. The fourth-order valence-electron chi connectivity index (χ4n) is 7.10. The van der Waals surface area contributed by atoms with Crippen molar-refractivity contribution in [1.82, 2.24) is 10.2 Å². The molecule has 0 aliphatic heterocycles. The molecule has 0 aromatic heterocycles. The Hall–Kier alpha value is -0.292. The van der Waals surface area contributed by atoms with Crippen molar-refractivity contribution in [2.24, 2.45) is 5.92 Å². The Morgan fingerprint density at radius 1 is 0.579 bits per heavy atom. The molecule has 7 heteroatoms. The van der Waals surface area contributed by atoms with Crippen LogP contribution in [0.4, 0.5) is 0 Å². The topological polar surface area (TPSA) is 78.9 Å². The first kappa shape index (κ1) is 63.3. The summed E-state index contributed by atoms with van der Waals surface area (Å²) in [5.74, 6) is 0.420. The maximum absolute atomic E-state index is 10.9. The SMILES string of the molecule is CCCCCCCCC(C=O)CCCCCC.CCCCCCCCC(O)CCCCCC.[CH2-]CCCCCN(CCCCCCOC)CCCCNC(C)=O.[W]. The van der Waals surface area contributed by atoms with E-state index in [1.807, 2.05) is 0 Å². The smallest absolute Gasteiger partial charge is 0.216 e. The van der Waals surface area contributed by atoms with Crippen molar-refractivity contribution < 1.29 is 40.5 Å². The van der Waals surface area contributed by atoms with Crippen LogP contribution in [0.5, 0.6) is 0 Å². The predicted molar refractivity (Wildman–Crippen MR) is 248 cm³/mol. The molecule has 0 aromatic rings. The van der Waals surface area contributed by atoms with Gasteiger partial charge in [-0.2, -0.15) is 6.42 Å². The Morgan fingerprint density at radius 2 is 0.947 bits per heavy atom. The van der Waals surface area contributed by atoms with E-state index >= 15 is 0 Å². The van der Waals surface area contributed by atoms with Crippen molar-refractivity contribution in [2.75, 3.05) is 39.9 Å². The standard InChI is InChI=1S/C19H39N2O2.C16H32O.C15H32O.W/c1-4-5-6-10-15-21(16-11-7-8-13-18-23-3)17-12-9-14-20-19(2)22;1-3-5-7-9-10-12-14-16(15-17)13-11-8-6-4-2;1-3-5-7-9-10-12-14-15(16)13-11-8-6-4-2;/h1,4-18H2,2-3H3,(H,20,22);15-16H,3-14H2,1-2H3;15-16H,3-14H2,1-2H3;/q-1;;;. The molecule has 0 rings (SSSR count). The van der Waals surface area contributed by atoms with Crippen LogP contribution in [-0.4, -0.2) is 68.2 Å². The Kier molecular flexibility index (Phi) is 64.2. The van der Waals surface area contributed by atoms with Gasteiger partial charge < -0.3 is 31.8 Å². The number of hydrogen-bond donors (Lipinski definition) is 2. The first-order valence-electron chi connectivity index (χ1n) is 24.7. The van der Waals surface area contributed by atoms with Gasteiger partial charge in [-0.15, -0.1) is 0 Å². The van der Waals surface area contributed by atoms with Gasteiger partial charge in [-0.3, -0.25) is 4.79 Å². The Morgan fingerprint density at radius 3 is 1.37 bits per heavy atom.